The average molecular weight is 490 g/mol. The number of likely N-dealkylation sites (tertiary alicyclic amines) is 1. The molecule has 5 heteroatoms. The molecule has 0 aromatic heterocycles. The summed E-state index contributed by atoms with van der Waals surface area (Å²) in [6, 6.07) is 8.26. The summed E-state index contributed by atoms with van der Waals surface area (Å²) in [4.78, 5) is 17.3. The number of nitrogens with one attached hydrogen (secondary N) is 1. The minimum absolute atomic E-state index is 0.101. The minimum Gasteiger partial charge on any atom is -0.482 e. The zero-order valence-electron chi connectivity index (χ0n) is 22.6. The van der Waals surface area contributed by atoms with Crippen molar-refractivity contribution < 1.29 is 9.53 Å². The molecular formula is C31H43N3O2. The van der Waals surface area contributed by atoms with Gasteiger partial charge in [-0.25, -0.2) is 0 Å². The number of nitrogens with zero attached hydrogens (tertiary/aromatic N) is 2. The lowest BCUT2D eigenvalue weighted by Crippen LogP contribution is -2.44. The molecule has 3 aliphatic heterocycles. The van der Waals surface area contributed by atoms with E-state index in [9.17, 15) is 4.79 Å². The number of rotatable bonds is 5. The van der Waals surface area contributed by atoms with Gasteiger partial charge >= 0.3 is 0 Å². The van der Waals surface area contributed by atoms with Crippen molar-refractivity contribution in [2.45, 2.75) is 65.4 Å². The quantitative estimate of drug-likeness (QED) is 0.557. The first kappa shape index (κ1) is 26.3. The van der Waals surface area contributed by atoms with Crippen LogP contribution in [0.25, 0.3) is 5.57 Å². The number of ether oxygens (including phenoxy) is 1. The van der Waals surface area contributed by atoms with E-state index in [0.717, 1.165) is 75.4 Å². The van der Waals surface area contributed by atoms with Crippen molar-refractivity contribution in [1.82, 2.24) is 15.1 Å². The summed E-state index contributed by atoms with van der Waals surface area (Å²) >= 11 is 0. The first-order chi connectivity index (χ1) is 17.6. The van der Waals surface area contributed by atoms with Crippen LogP contribution in [0, 0.1) is 0 Å². The van der Waals surface area contributed by atoms with Crippen LogP contribution in [0.1, 0.15) is 75.7 Å². The summed E-state index contributed by atoms with van der Waals surface area (Å²) in [6.07, 6.45) is 14.3. The van der Waals surface area contributed by atoms with Gasteiger partial charge in [-0.3, -0.25) is 4.79 Å². The van der Waals surface area contributed by atoms with Crippen LogP contribution >= 0.6 is 0 Å². The van der Waals surface area contributed by atoms with Crippen LogP contribution in [-0.4, -0.2) is 60.6 Å². The maximum atomic E-state index is 12.9. The lowest BCUT2D eigenvalue weighted by Gasteiger charge is -2.42. The van der Waals surface area contributed by atoms with E-state index in [-0.39, 0.29) is 11.5 Å². The molecule has 0 atom stereocenters. The van der Waals surface area contributed by atoms with Gasteiger partial charge in [0.25, 0.3) is 5.91 Å². The SMILES string of the molecule is CC.CCN(CC)C(=O)c1ccc(C2=CC3(CCNCC3)OC3=CC=CCC(N4CCCC4)=C32)cc1. The van der Waals surface area contributed by atoms with Crippen molar-refractivity contribution in [2.75, 3.05) is 39.3 Å². The number of hydrogen-bond acceptors (Lipinski definition) is 4. The molecule has 2 fully saturated rings. The topological polar surface area (TPSA) is 44.8 Å². The predicted octanol–water partition coefficient (Wildman–Crippen LogP) is 5.92. The molecule has 5 nitrogen and oxygen atoms in total. The molecule has 5 rings (SSSR count). The number of piperidine rings is 1. The van der Waals surface area contributed by atoms with E-state index in [2.05, 4.69) is 46.7 Å². The van der Waals surface area contributed by atoms with Crippen molar-refractivity contribution in [3.63, 3.8) is 0 Å². The molecule has 2 saturated heterocycles. The summed E-state index contributed by atoms with van der Waals surface area (Å²) < 4.78 is 6.81. The zero-order valence-corrected chi connectivity index (χ0v) is 22.6. The molecule has 1 aliphatic carbocycles. The Labute approximate surface area is 217 Å². The molecule has 0 saturated carbocycles. The lowest BCUT2D eigenvalue weighted by atomic mass is 9.81. The van der Waals surface area contributed by atoms with Gasteiger partial charge in [-0.05, 0) is 75.2 Å². The van der Waals surface area contributed by atoms with Crippen LogP contribution in [-0.2, 0) is 4.74 Å². The van der Waals surface area contributed by atoms with E-state index in [1.165, 1.54) is 29.7 Å². The van der Waals surface area contributed by atoms with Gasteiger partial charge in [0, 0.05) is 62.3 Å². The summed E-state index contributed by atoms with van der Waals surface area (Å²) in [6.45, 7) is 13.7. The van der Waals surface area contributed by atoms with Crippen LogP contribution in [0.2, 0.25) is 0 Å². The molecule has 3 heterocycles. The zero-order chi connectivity index (χ0) is 25.5. The molecular weight excluding hydrogens is 446 g/mol. The second-order valence-corrected chi connectivity index (χ2v) is 9.71. The number of carbonyl (C=O) groups is 1. The lowest BCUT2D eigenvalue weighted by molar-refractivity contribution is 0.0197. The fourth-order valence-corrected chi connectivity index (χ4v) is 5.70. The summed E-state index contributed by atoms with van der Waals surface area (Å²) in [7, 11) is 0. The van der Waals surface area contributed by atoms with Crippen molar-refractivity contribution >= 4 is 11.5 Å². The van der Waals surface area contributed by atoms with E-state index in [1.54, 1.807) is 0 Å². The maximum Gasteiger partial charge on any atom is 0.253 e. The molecule has 1 amide bonds. The van der Waals surface area contributed by atoms with Crippen molar-refractivity contribution in [1.29, 1.82) is 0 Å². The maximum absolute atomic E-state index is 12.9. The number of benzene rings is 1. The smallest absolute Gasteiger partial charge is 0.253 e. The molecule has 1 aromatic carbocycles. The van der Waals surface area contributed by atoms with Gasteiger partial charge in [0.15, 0.2) is 0 Å². The Hall–Kier alpha value is -2.79. The third-order valence-electron chi connectivity index (χ3n) is 7.65. The number of hydrogen-bond donors (Lipinski definition) is 1. The van der Waals surface area contributed by atoms with Crippen LogP contribution in [0.15, 0.2) is 65.6 Å². The van der Waals surface area contributed by atoms with E-state index < -0.39 is 0 Å². The Morgan fingerprint density at radius 3 is 2.36 bits per heavy atom. The predicted molar refractivity (Wildman–Crippen MR) is 149 cm³/mol. The Morgan fingerprint density at radius 2 is 1.72 bits per heavy atom. The second-order valence-electron chi connectivity index (χ2n) is 9.71. The summed E-state index contributed by atoms with van der Waals surface area (Å²) in [5.41, 5.74) is 5.50. The van der Waals surface area contributed by atoms with E-state index in [1.807, 2.05) is 44.7 Å². The third kappa shape index (κ3) is 5.31. The third-order valence-corrected chi connectivity index (χ3v) is 7.65. The first-order valence-electron chi connectivity index (χ1n) is 14.0. The van der Waals surface area contributed by atoms with Gasteiger partial charge in [0.2, 0.25) is 0 Å². The minimum atomic E-state index is -0.278. The van der Waals surface area contributed by atoms with Gasteiger partial charge in [0.05, 0.1) is 0 Å². The molecule has 36 heavy (non-hydrogen) atoms. The second kappa shape index (κ2) is 12.0. The molecule has 194 valence electrons. The van der Waals surface area contributed by atoms with Crippen molar-refractivity contribution in [2.24, 2.45) is 0 Å². The fraction of sp³-hybridized carbons (Fsp3) is 0.516. The van der Waals surface area contributed by atoms with Gasteiger partial charge in [0.1, 0.15) is 11.4 Å². The van der Waals surface area contributed by atoms with Crippen molar-refractivity contribution in [3.05, 3.63) is 76.7 Å². The Kier molecular flexibility index (Phi) is 8.73. The molecule has 0 unspecified atom stereocenters. The molecule has 0 bridgehead atoms. The highest BCUT2D eigenvalue weighted by atomic mass is 16.5. The van der Waals surface area contributed by atoms with Gasteiger partial charge in [-0.2, -0.15) is 0 Å². The van der Waals surface area contributed by atoms with E-state index in [0.29, 0.717) is 0 Å². The monoisotopic (exact) mass is 489 g/mol. The highest BCUT2D eigenvalue weighted by Gasteiger charge is 2.40. The van der Waals surface area contributed by atoms with Crippen LogP contribution in [0.4, 0.5) is 0 Å². The van der Waals surface area contributed by atoms with Crippen LogP contribution in [0.5, 0.6) is 0 Å². The molecule has 1 N–H and O–H groups in total. The number of amides is 1. The van der Waals surface area contributed by atoms with E-state index >= 15 is 0 Å². The Morgan fingerprint density at radius 1 is 1.06 bits per heavy atom. The molecule has 0 radical (unpaired) electrons. The van der Waals surface area contributed by atoms with Crippen LogP contribution in [0.3, 0.4) is 0 Å². The molecule has 1 aromatic rings. The largest absolute Gasteiger partial charge is 0.482 e. The molecule has 4 aliphatic rings. The molecule has 1 spiro atoms. The van der Waals surface area contributed by atoms with Gasteiger partial charge in [-0.1, -0.05) is 38.1 Å². The summed E-state index contributed by atoms with van der Waals surface area (Å²) in [5, 5.41) is 3.49. The average Bonchev–Trinajstić information content (AvgIpc) is 3.38. The van der Waals surface area contributed by atoms with Crippen LogP contribution < -0.4 is 5.32 Å². The Bertz CT molecular complexity index is 1030. The summed E-state index contributed by atoms with van der Waals surface area (Å²) in [5.74, 6) is 1.10. The fourth-order valence-electron chi connectivity index (χ4n) is 5.70. The normalized spacial score (nSPS) is 20.5. The Balaban J connectivity index is 0.00000148. The highest BCUT2D eigenvalue weighted by Crippen LogP contribution is 2.46. The number of carbonyl (C=O) groups excluding carboxylic acids is 1. The number of allylic oxidation sites excluding steroid dienone is 4. The van der Waals surface area contributed by atoms with Gasteiger partial charge in [-0.15, -0.1) is 0 Å². The highest BCUT2D eigenvalue weighted by molar-refractivity contribution is 5.95. The first-order valence-corrected chi connectivity index (χ1v) is 14.0. The van der Waals surface area contributed by atoms with Gasteiger partial charge < -0.3 is 19.9 Å². The van der Waals surface area contributed by atoms with E-state index in [4.69, 9.17) is 4.74 Å². The van der Waals surface area contributed by atoms with Crippen molar-refractivity contribution in [3.8, 4) is 0 Å². The number of fused-ring (bicyclic) bond motifs is 1. The standard InChI is InChI=1S/C29H37N3O2.C2H6/c1-3-31(4-2)28(33)23-13-11-22(12-14-23)24-21-29(15-17-30-18-16-29)34-26-10-6-5-9-25(27(24)26)32-19-7-8-20-32;1-2/h5-6,10-14,21,30H,3-4,7-9,15-20H2,1-2H3;1-2H3.